The molecular formula is C14H18BrNO4S. The van der Waals surface area contributed by atoms with Crippen molar-refractivity contribution in [2.45, 2.75) is 50.8 Å². The van der Waals surface area contributed by atoms with Gasteiger partial charge in [0.15, 0.2) is 0 Å². The normalized spacial score (nSPS) is 19.1. The third-order valence-electron chi connectivity index (χ3n) is 3.12. The average molecular weight is 376 g/mol. The molecule has 1 aromatic rings. The lowest BCUT2D eigenvalue weighted by molar-refractivity contribution is -0.159. The van der Waals surface area contributed by atoms with Crippen molar-refractivity contribution in [3.05, 3.63) is 28.2 Å². The molecule has 1 heterocycles. The number of halogens is 1. The van der Waals surface area contributed by atoms with Crippen LogP contribution in [0.5, 0.6) is 0 Å². The van der Waals surface area contributed by atoms with E-state index in [0.29, 0.717) is 10.0 Å². The van der Waals surface area contributed by atoms with Gasteiger partial charge in [-0.25, -0.2) is 8.42 Å². The first-order valence-electron chi connectivity index (χ1n) is 6.55. The first-order valence-corrected chi connectivity index (χ1v) is 8.79. The fraction of sp³-hybridized carbons (Fsp3) is 0.500. The van der Waals surface area contributed by atoms with Gasteiger partial charge in [-0.05, 0) is 45.4 Å². The molecule has 1 aromatic carbocycles. The second-order valence-corrected chi connectivity index (χ2v) is 8.79. The van der Waals surface area contributed by atoms with E-state index in [4.69, 9.17) is 4.74 Å². The number of nitrogens with zero attached hydrogens (tertiary/aromatic N) is 1. The predicted molar refractivity (Wildman–Crippen MR) is 82.2 cm³/mol. The minimum Gasteiger partial charge on any atom is -0.459 e. The molecule has 0 amide bonds. The van der Waals surface area contributed by atoms with Crippen molar-refractivity contribution in [1.82, 2.24) is 4.31 Å². The molecule has 0 saturated carbocycles. The fourth-order valence-corrected chi connectivity index (χ4v) is 4.44. The zero-order chi connectivity index (χ0) is 16.0. The number of carbonyl (C=O) groups excluding carboxylic acids is 1. The van der Waals surface area contributed by atoms with Gasteiger partial charge in [0.2, 0.25) is 10.0 Å². The number of hydrogen-bond donors (Lipinski definition) is 0. The van der Waals surface area contributed by atoms with Crippen LogP contribution in [0.15, 0.2) is 27.6 Å². The highest BCUT2D eigenvalue weighted by Gasteiger charge is 2.41. The smallest absolute Gasteiger partial charge is 0.324 e. The molecule has 1 aliphatic rings. The van der Waals surface area contributed by atoms with Gasteiger partial charge in [0, 0.05) is 11.0 Å². The summed E-state index contributed by atoms with van der Waals surface area (Å²) in [4.78, 5) is 12.4. The highest BCUT2D eigenvalue weighted by molar-refractivity contribution is 9.10. The van der Waals surface area contributed by atoms with Crippen molar-refractivity contribution >= 4 is 31.9 Å². The number of esters is 1. The summed E-state index contributed by atoms with van der Waals surface area (Å²) in [6.45, 7) is 6.99. The molecule has 0 aliphatic carbocycles. The summed E-state index contributed by atoms with van der Waals surface area (Å²) in [6.07, 6.45) is 0. The highest BCUT2D eigenvalue weighted by Crippen LogP contribution is 2.34. The summed E-state index contributed by atoms with van der Waals surface area (Å²) >= 11 is 3.27. The van der Waals surface area contributed by atoms with Crippen molar-refractivity contribution < 1.29 is 17.9 Å². The van der Waals surface area contributed by atoms with Gasteiger partial charge in [-0.1, -0.05) is 22.0 Å². The second-order valence-electron chi connectivity index (χ2n) is 6.01. The van der Waals surface area contributed by atoms with Crippen molar-refractivity contribution in [1.29, 1.82) is 0 Å². The molecule has 5 nitrogen and oxygen atoms in total. The van der Waals surface area contributed by atoms with Crippen LogP contribution in [-0.2, 0) is 26.1 Å². The van der Waals surface area contributed by atoms with Crippen LogP contribution >= 0.6 is 15.9 Å². The van der Waals surface area contributed by atoms with Crippen molar-refractivity contribution in [2.75, 3.05) is 0 Å². The number of hydrogen-bond acceptors (Lipinski definition) is 4. The standard InChI is InChI=1S/C14H18BrNO4S/c1-9(13(17)20-14(2,3)4)16-8-10-5-6-11(15)7-12(10)21(16,18)19/h5-7,9H,8H2,1-4H3/t9-/m1/s1. The zero-order valence-corrected chi connectivity index (χ0v) is 14.8. The van der Waals surface area contributed by atoms with Crippen LogP contribution in [0.25, 0.3) is 0 Å². The van der Waals surface area contributed by atoms with Gasteiger partial charge < -0.3 is 4.74 Å². The van der Waals surface area contributed by atoms with Crippen LogP contribution in [-0.4, -0.2) is 30.3 Å². The maximum absolute atomic E-state index is 12.5. The van der Waals surface area contributed by atoms with E-state index in [1.807, 2.05) is 0 Å². The zero-order valence-electron chi connectivity index (χ0n) is 12.4. The minimum atomic E-state index is -3.67. The molecule has 0 unspecified atom stereocenters. The van der Waals surface area contributed by atoms with E-state index in [1.165, 1.54) is 4.31 Å². The van der Waals surface area contributed by atoms with Crippen LogP contribution in [0.2, 0.25) is 0 Å². The Labute approximate surface area is 133 Å². The maximum atomic E-state index is 12.5. The van der Waals surface area contributed by atoms with Crippen LogP contribution in [0, 0.1) is 0 Å². The first kappa shape index (κ1) is 16.5. The Morgan fingerprint density at radius 3 is 2.57 bits per heavy atom. The predicted octanol–water partition coefficient (Wildman–Crippen LogP) is 2.68. The number of rotatable bonds is 2. The van der Waals surface area contributed by atoms with E-state index < -0.39 is 27.6 Å². The van der Waals surface area contributed by atoms with Gasteiger partial charge in [0.25, 0.3) is 0 Å². The number of benzene rings is 1. The Balaban J connectivity index is 2.30. The summed E-state index contributed by atoms with van der Waals surface area (Å²) in [5.41, 5.74) is 0.0404. The highest BCUT2D eigenvalue weighted by atomic mass is 79.9. The minimum absolute atomic E-state index is 0.186. The van der Waals surface area contributed by atoms with E-state index in [0.717, 1.165) is 0 Å². The average Bonchev–Trinajstić information content (AvgIpc) is 2.58. The number of carbonyl (C=O) groups is 1. The van der Waals surface area contributed by atoms with Gasteiger partial charge in [0.1, 0.15) is 11.6 Å². The van der Waals surface area contributed by atoms with E-state index in [9.17, 15) is 13.2 Å². The molecule has 7 heteroatoms. The Kier molecular flexibility index (Phi) is 4.21. The second kappa shape index (κ2) is 5.37. The molecule has 0 spiro atoms. The maximum Gasteiger partial charge on any atom is 0.324 e. The van der Waals surface area contributed by atoms with E-state index in [2.05, 4.69) is 15.9 Å². The molecule has 21 heavy (non-hydrogen) atoms. The SMILES string of the molecule is C[C@H](C(=O)OC(C)(C)C)N1Cc2ccc(Br)cc2S1(=O)=O. The molecule has 0 aromatic heterocycles. The lowest BCUT2D eigenvalue weighted by Gasteiger charge is -2.26. The van der Waals surface area contributed by atoms with E-state index in [-0.39, 0.29) is 11.4 Å². The molecule has 0 N–H and O–H groups in total. The lowest BCUT2D eigenvalue weighted by Crippen LogP contribution is -2.42. The lowest BCUT2D eigenvalue weighted by atomic mass is 10.2. The summed E-state index contributed by atoms with van der Waals surface area (Å²) in [7, 11) is -3.67. The summed E-state index contributed by atoms with van der Waals surface area (Å²) in [5.74, 6) is -0.544. The van der Waals surface area contributed by atoms with Crippen LogP contribution in [0.1, 0.15) is 33.3 Å². The summed E-state index contributed by atoms with van der Waals surface area (Å²) < 4.78 is 32.2. The molecule has 2 rings (SSSR count). The van der Waals surface area contributed by atoms with Crippen molar-refractivity contribution in [2.24, 2.45) is 0 Å². The Morgan fingerprint density at radius 1 is 1.38 bits per heavy atom. The Hall–Kier alpha value is -0.920. The van der Waals surface area contributed by atoms with Crippen LogP contribution < -0.4 is 0 Å². The monoisotopic (exact) mass is 375 g/mol. The van der Waals surface area contributed by atoms with Gasteiger partial charge >= 0.3 is 5.97 Å². The number of sulfonamides is 1. The Bertz CT molecular complexity index is 679. The van der Waals surface area contributed by atoms with Gasteiger partial charge in [-0.3, -0.25) is 4.79 Å². The van der Waals surface area contributed by atoms with Crippen LogP contribution in [0.3, 0.4) is 0 Å². The molecular weight excluding hydrogens is 358 g/mol. The molecule has 0 radical (unpaired) electrons. The van der Waals surface area contributed by atoms with Crippen molar-refractivity contribution in [3.8, 4) is 0 Å². The molecule has 1 atom stereocenters. The number of fused-ring (bicyclic) bond motifs is 1. The summed E-state index contributed by atoms with van der Waals surface area (Å²) in [5, 5.41) is 0. The molecule has 0 saturated heterocycles. The topological polar surface area (TPSA) is 63.7 Å². The Morgan fingerprint density at radius 2 is 2.00 bits per heavy atom. The largest absolute Gasteiger partial charge is 0.459 e. The van der Waals surface area contributed by atoms with Gasteiger partial charge in [0.05, 0.1) is 4.90 Å². The van der Waals surface area contributed by atoms with Gasteiger partial charge in [-0.2, -0.15) is 4.31 Å². The molecule has 0 bridgehead atoms. The van der Waals surface area contributed by atoms with E-state index >= 15 is 0 Å². The molecule has 0 fully saturated rings. The third-order valence-corrected chi connectivity index (χ3v) is 5.61. The van der Waals surface area contributed by atoms with Gasteiger partial charge in [-0.15, -0.1) is 0 Å². The van der Waals surface area contributed by atoms with Crippen LogP contribution in [0.4, 0.5) is 0 Å². The quantitative estimate of drug-likeness (QED) is 0.745. The molecule has 1 aliphatic heterocycles. The fourth-order valence-electron chi connectivity index (χ4n) is 2.13. The third kappa shape index (κ3) is 3.30. The number of ether oxygens (including phenoxy) is 1. The molecule has 116 valence electrons. The van der Waals surface area contributed by atoms with E-state index in [1.54, 1.807) is 45.9 Å². The first-order chi connectivity index (χ1) is 9.52. The summed E-state index contributed by atoms with van der Waals surface area (Å²) in [6, 6.07) is 4.24. The van der Waals surface area contributed by atoms with Crippen molar-refractivity contribution in [3.63, 3.8) is 0 Å².